The van der Waals surface area contributed by atoms with Crippen molar-refractivity contribution in [2.24, 2.45) is 17.8 Å². The number of nitrogens with one attached hydrogen (secondary N) is 1. The van der Waals surface area contributed by atoms with Crippen molar-refractivity contribution in [3.63, 3.8) is 0 Å². The molecule has 30 heavy (non-hydrogen) atoms. The minimum Gasteiger partial charge on any atom is -0.455 e. The molecule has 1 amide bonds. The second kappa shape index (κ2) is 8.29. The minimum atomic E-state index is -4.54. The summed E-state index contributed by atoms with van der Waals surface area (Å²) >= 11 is 0. The molecule has 4 rings (SSSR count). The maximum atomic E-state index is 13.2. The number of ether oxygens (including phenoxy) is 2. The van der Waals surface area contributed by atoms with Gasteiger partial charge in [0, 0.05) is 13.1 Å². The molecule has 2 fully saturated rings. The predicted octanol–water partition coefficient (Wildman–Crippen LogP) is 3.24. The molecular weight excluding hydrogens is 401 g/mol. The van der Waals surface area contributed by atoms with E-state index in [-0.39, 0.29) is 17.5 Å². The van der Waals surface area contributed by atoms with Crippen LogP contribution in [-0.4, -0.2) is 44.8 Å². The van der Waals surface area contributed by atoms with Gasteiger partial charge in [0.1, 0.15) is 0 Å². The minimum absolute atomic E-state index is 0.0376. The molecule has 0 spiro atoms. The number of amides is 1. The zero-order valence-corrected chi connectivity index (χ0v) is 16.3. The number of carbonyl (C=O) groups excluding carboxylic acids is 2. The van der Waals surface area contributed by atoms with Crippen molar-refractivity contribution < 1.29 is 32.2 Å². The van der Waals surface area contributed by atoms with Crippen molar-refractivity contribution in [3.05, 3.63) is 35.9 Å². The molecule has 2 aliphatic carbocycles. The van der Waals surface area contributed by atoms with Crippen LogP contribution in [0.1, 0.15) is 18.4 Å². The number of allylic oxidation sites excluding steroid dienone is 2. The third-order valence-electron chi connectivity index (χ3n) is 5.88. The van der Waals surface area contributed by atoms with Gasteiger partial charge in [0.25, 0.3) is 5.91 Å². The van der Waals surface area contributed by atoms with E-state index in [2.05, 4.69) is 11.4 Å². The summed E-state index contributed by atoms with van der Waals surface area (Å²) in [5.74, 6) is -0.801. The summed E-state index contributed by atoms with van der Waals surface area (Å²) in [5.41, 5.74) is -0.347. The number of halogens is 3. The first-order valence-corrected chi connectivity index (χ1v) is 10.00. The number of benzene rings is 1. The molecule has 162 valence electrons. The van der Waals surface area contributed by atoms with Gasteiger partial charge in [0.05, 0.1) is 36.1 Å². The molecule has 6 nitrogen and oxygen atoms in total. The average Bonchev–Trinajstić information content (AvgIpc) is 3.36. The number of alkyl halides is 3. The highest BCUT2D eigenvalue weighted by atomic mass is 19.4. The van der Waals surface area contributed by atoms with Gasteiger partial charge in [-0.1, -0.05) is 12.2 Å². The fourth-order valence-corrected chi connectivity index (χ4v) is 4.37. The molecule has 0 aromatic heterocycles. The van der Waals surface area contributed by atoms with Gasteiger partial charge in [0.15, 0.2) is 6.61 Å². The molecule has 0 radical (unpaired) electrons. The lowest BCUT2D eigenvalue weighted by Crippen LogP contribution is -2.37. The molecule has 3 unspecified atom stereocenters. The van der Waals surface area contributed by atoms with Crippen LogP contribution in [0.15, 0.2) is 30.4 Å². The third kappa shape index (κ3) is 4.45. The highest BCUT2D eigenvalue weighted by Crippen LogP contribution is 2.44. The molecule has 2 bridgehead atoms. The summed E-state index contributed by atoms with van der Waals surface area (Å²) in [6, 6.07) is 3.24. The maximum absolute atomic E-state index is 13.2. The van der Waals surface area contributed by atoms with Crippen LogP contribution in [-0.2, 0) is 25.2 Å². The van der Waals surface area contributed by atoms with Crippen LogP contribution in [0.4, 0.5) is 24.5 Å². The van der Waals surface area contributed by atoms with Crippen molar-refractivity contribution in [1.29, 1.82) is 0 Å². The second-order valence-electron chi connectivity index (χ2n) is 7.87. The van der Waals surface area contributed by atoms with Crippen LogP contribution in [0.3, 0.4) is 0 Å². The van der Waals surface area contributed by atoms with Gasteiger partial charge in [-0.05, 0) is 42.9 Å². The first kappa shape index (κ1) is 20.7. The van der Waals surface area contributed by atoms with Gasteiger partial charge in [-0.25, -0.2) is 0 Å². The van der Waals surface area contributed by atoms with E-state index in [1.54, 1.807) is 0 Å². The van der Waals surface area contributed by atoms with E-state index in [1.165, 1.54) is 6.07 Å². The topological polar surface area (TPSA) is 67.9 Å². The van der Waals surface area contributed by atoms with Crippen molar-refractivity contribution in [1.82, 2.24) is 0 Å². The molecule has 9 heteroatoms. The Hall–Kier alpha value is -2.55. The Morgan fingerprint density at radius 1 is 1.17 bits per heavy atom. The smallest absolute Gasteiger partial charge is 0.416 e. The number of rotatable bonds is 5. The highest BCUT2D eigenvalue weighted by molar-refractivity contribution is 5.96. The lowest BCUT2D eigenvalue weighted by atomic mass is 9.94. The molecule has 1 aromatic rings. The Labute approximate surface area is 172 Å². The Kier molecular flexibility index (Phi) is 5.73. The van der Waals surface area contributed by atoms with Gasteiger partial charge >= 0.3 is 12.1 Å². The number of hydrogen-bond donors (Lipinski definition) is 1. The van der Waals surface area contributed by atoms with Gasteiger partial charge in [-0.2, -0.15) is 13.2 Å². The predicted molar refractivity (Wildman–Crippen MR) is 103 cm³/mol. The van der Waals surface area contributed by atoms with Gasteiger partial charge in [0.2, 0.25) is 0 Å². The SMILES string of the molecule is O=C(COC(=O)C1CC2C=CC1C2)Nc1cc(C(F)(F)F)ccc1N1CCOCC1. The summed E-state index contributed by atoms with van der Waals surface area (Å²) in [6.07, 6.45) is 1.22. The van der Waals surface area contributed by atoms with Crippen LogP contribution >= 0.6 is 0 Å². The number of hydrogen-bond acceptors (Lipinski definition) is 5. The summed E-state index contributed by atoms with van der Waals surface area (Å²) in [7, 11) is 0. The molecule has 1 saturated carbocycles. The first-order valence-electron chi connectivity index (χ1n) is 10.00. The number of carbonyl (C=O) groups is 2. The summed E-state index contributed by atoms with van der Waals surface area (Å²) in [5, 5.41) is 2.49. The van der Waals surface area contributed by atoms with Crippen molar-refractivity contribution in [2.45, 2.75) is 19.0 Å². The van der Waals surface area contributed by atoms with E-state index in [0.717, 1.165) is 25.0 Å². The molecule has 1 aromatic carbocycles. The summed E-state index contributed by atoms with van der Waals surface area (Å²) < 4.78 is 49.9. The van der Waals surface area contributed by atoms with Crippen LogP contribution in [0.2, 0.25) is 0 Å². The molecular formula is C21H23F3N2O4. The van der Waals surface area contributed by atoms with Crippen LogP contribution in [0, 0.1) is 17.8 Å². The molecule has 1 aliphatic heterocycles. The molecule has 1 heterocycles. The van der Waals surface area contributed by atoms with Gasteiger partial charge < -0.3 is 19.7 Å². The zero-order chi connectivity index (χ0) is 21.3. The Morgan fingerprint density at radius 2 is 1.93 bits per heavy atom. The monoisotopic (exact) mass is 424 g/mol. The normalized spacial score (nSPS) is 25.4. The van der Waals surface area contributed by atoms with Crippen molar-refractivity contribution >= 4 is 23.3 Å². The van der Waals surface area contributed by atoms with E-state index in [9.17, 15) is 22.8 Å². The fraction of sp³-hybridized carbons (Fsp3) is 0.524. The number of fused-ring (bicyclic) bond motifs is 2. The standard InChI is InChI=1S/C21H23F3N2O4/c22-21(23,24)15-3-4-18(26-5-7-29-8-6-26)17(11-15)25-19(27)12-30-20(28)16-10-13-1-2-14(16)9-13/h1-4,11,13-14,16H,5-10,12H2,(H,25,27). The van der Waals surface area contributed by atoms with Crippen LogP contribution < -0.4 is 10.2 Å². The first-order chi connectivity index (χ1) is 14.3. The number of nitrogens with zero attached hydrogens (tertiary/aromatic N) is 1. The zero-order valence-electron chi connectivity index (χ0n) is 16.3. The Bertz CT molecular complexity index is 849. The van der Waals surface area contributed by atoms with Crippen molar-refractivity contribution in [3.8, 4) is 0 Å². The molecule has 3 aliphatic rings. The van der Waals surface area contributed by atoms with Crippen LogP contribution in [0.5, 0.6) is 0 Å². The van der Waals surface area contributed by atoms with E-state index >= 15 is 0 Å². The fourth-order valence-electron chi connectivity index (χ4n) is 4.37. The van der Waals surface area contributed by atoms with E-state index < -0.39 is 30.2 Å². The quantitative estimate of drug-likeness (QED) is 0.581. The van der Waals surface area contributed by atoms with Gasteiger partial charge in [-0.15, -0.1) is 0 Å². The van der Waals surface area contributed by atoms with E-state index in [4.69, 9.17) is 9.47 Å². The van der Waals surface area contributed by atoms with Crippen LogP contribution in [0.25, 0.3) is 0 Å². The lowest BCUT2D eigenvalue weighted by Gasteiger charge is -2.31. The largest absolute Gasteiger partial charge is 0.455 e. The third-order valence-corrected chi connectivity index (χ3v) is 5.88. The van der Waals surface area contributed by atoms with Crippen molar-refractivity contribution in [2.75, 3.05) is 43.1 Å². The maximum Gasteiger partial charge on any atom is 0.416 e. The molecule has 1 saturated heterocycles. The Morgan fingerprint density at radius 3 is 2.57 bits per heavy atom. The van der Waals surface area contributed by atoms with E-state index in [0.29, 0.717) is 37.9 Å². The molecule has 1 N–H and O–H groups in total. The summed E-state index contributed by atoms with van der Waals surface area (Å²) in [6.45, 7) is 1.37. The highest BCUT2D eigenvalue weighted by Gasteiger charge is 2.41. The number of morpholine rings is 1. The second-order valence-corrected chi connectivity index (χ2v) is 7.87. The van der Waals surface area contributed by atoms with Gasteiger partial charge in [-0.3, -0.25) is 9.59 Å². The Balaban J connectivity index is 1.43. The summed E-state index contributed by atoms with van der Waals surface area (Å²) in [4.78, 5) is 26.5. The molecule has 3 atom stereocenters. The lowest BCUT2D eigenvalue weighted by molar-refractivity contribution is -0.152. The van der Waals surface area contributed by atoms with E-state index in [1.807, 2.05) is 11.0 Å². The number of esters is 1. The number of anilines is 2. The average molecular weight is 424 g/mol.